The highest BCUT2D eigenvalue weighted by Crippen LogP contribution is 2.23. The first kappa shape index (κ1) is 14.0. The molecule has 0 bridgehead atoms. The van der Waals surface area contributed by atoms with Gasteiger partial charge in [0.15, 0.2) is 0 Å². The number of hydrogen-bond acceptors (Lipinski definition) is 5. The zero-order valence-electron chi connectivity index (χ0n) is 12.7. The SMILES string of the molecule is O=C1CCN(c2cnc3ccc(N4CCNCC4)cn23)C(=O)N1. The molecule has 8 heteroatoms. The van der Waals surface area contributed by atoms with Crippen LogP contribution in [0.1, 0.15) is 6.42 Å². The van der Waals surface area contributed by atoms with Crippen molar-refractivity contribution in [1.82, 2.24) is 20.0 Å². The summed E-state index contributed by atoms with van der Waals surface area (Å²) in [7, 11) is 0. The molecule has 2 aliphatic heterocycles. The molecule has 0 atom stereocenters. The van der Waals surface area contributed by atoms with E-state index in [4.69, 9.17) is 0 Å². The van der Waals surface area contributed by atoms with Crippen LogP contribution in [0.3, 0.4) is 0 Å². The fraction of sp³-hybridized carbons (Fsp3) is 0.400. The second-order valence-corrected chi connectivity index (χ2v) is 5.72. The third-order valence-electron chi connectivity index (χ3n) is 4.28. The minimum Gasteiger partial charge on any atom is -0.368 e. The summed E-state index contributed by atoms with van der Waals surface area (Å²) in [5, 5.41) is 5.68. The van der Waals surface area contributed by atoms with E-state index in [1.807, 2.05) is 16.7 Å². The fourth-order valence-corrected chi connectivity index (χ4v) is 3.05. The number of imidazole rings is 1. The number of piperazine rings is 1. The number of imide groups is 1. The molecule has 0 aromatic carbocycles. The lowest BCUT2D eigenvalue weighted by molar-refractivity contribution is -0.120. The van der Waals surface area contributed by atoms with E-state index in [1.165, 1.54) is 0 Å². The van der Waals surface area contributed by atoms with Crippen LogP contribution >= 0.6 is 0 Å². The Morgan fingerprint density at radius 1 is 1.09 bits per heavy atom. The molecule has 0 unspecified atom stereocenters. The Hall–Kier alpha value is -2.61. The number of aromatic nitrogens is 2. The molecule has 2 aliphatic rings. The number of urea groups is 1. The zero-order valence-corrected chi connectivity index (χ0v) is 12.7. The van der Waals surface area contributed by atoms with Crippen LogP contribution in [0.5, 0.6) is 0 Å². The smallest absolute Gasteiger partial charge is 0.329 e. The van der Waals surface area contributed by atoms with Crippen LogP contribution in [0.25, 0.3) is 5.65 Å². The molecule has 120 valence electrons. The van der Waals surface area contributed by atoms with E-state index in [9.17, 15) is 9.59 Å². The van der Waals surface area contributed by atoms with Gasteiger partial charge in [-0.2, -0.15) is 0 Å². The first-order chi connectivity index (χ1) is 11.2. The number of hydrogen-bond donors (Lipinski definition) is 2. The number of nitrogens with one attached hydrogen (secondary N) is 2. The van der Waals surface area contributed by atoms with Crippen LogP contribution in [0.15, 0.2) is 24.5 Å². The van der Waals surface area contributed by atoms with Crippen molar-refractivity contribution < 1.29 is 9.59 Å². The van der Waals surface area contributed by atoms with Gasteiger partial charge in [0, 0.05) is 45.3 Å². The summed E-state index contributed by atoms with van der Waals surface area (Å²) in [4.78, 5) is 31.6. The molecule has 2 N–H and O–H groups in total. The van der Waals surface area contributed by atoms with E-state index in [2.05, 4.69) is 26.6 Å². The van der Waals surface area contributed by atoms with Gasteiger partial charge in [0.2, 0.25) is 5.91 Å². The van der Waals surface area contributed by atoms with Crippen LogP contribution in [0.2, 0.25) is 0 Å². The number of carbonyl (C=O) groups is 2. The molecule has 2 aromatic heterocycles. The molecule has 0 aliphatic carbocycles. The molecule has 0 spiro atoms. The quantitative estimate of drug-likeness (QED) is 0.827. The van der Waals surface area contributed by atoms with Crippen LogP contribution in [-0.4, -0.2) is 54.0 Å². The van der Waals surface area contributed by atoms with Crippen molar-refractivity contribution in [1.29, 1.82) is 0 Å². The van der Waals surface area contributed by atoms with Gasteiger partial charge in [-0.15, -0.1) is 0 Å². The van der Waals surface area contributed by atoms with Gasteiger partial charge in [-0.1, -0.05) is 0 Å². The Morgan fingerprint density at radius 2 is 1.91 bits per heavy atom. The lowest BCUT2D eigenvalue weighted by Gasteiger charge is -2.30. The predicted molar refractivity (Wildman–Crippen MR) is 85.8 cm³/mol. The van der Waals surface area contributed by atoms with Crippen molar-refractivity contribution in [3.05, 3.63) is 24.5 Å². The maximum atomic E-state index is 12.1. The highest BCUT2D eigenvalue weighted by molar-refractivity contribution is 6.05. The van der Waals surface area contributed by atoms with Gasteiger partial charge in [-0.05, 0) is 12.1 Å². The van der Waals surface area contributed by atoms with Crippen LogP contribution < -0.4 is 20.4 Å². The molecule has 3 amide bonds. The number of fused-ring (bicyclic) bond motifs is 1. The normalized spacial score (nSPS) is 19.3. The number of rotatable bonds is 2. The fourth-order valence-electron chi connectivity index (χ4n) is 3.05. The lowest BCUT2D eigenvalue weighted by atomic mass is 10.3. The monoisotopic (exact) mass is 314 g/mol. The maximum absolute atomic E-state index is 12.1. The largest absolute Gasteiger partial charge is 0.368 e. The van der Waals surface area contributed by atoms with Crippen molar-refractivity contribution in [3.63, 3.8) is 0 Å². The second kappa shape index (κ2) is 5.54. The molecule has 8 nitrogen and oxygen atoms in total. The van der Waals surface area contributed by atoms with E-state index in [-0.39, 0.29) is 5.91 Å². The maximum Gasteiger partial charge on any atom is 0.329 e. The van der Waals surface area contributed by atoms with Gasteiger partial charge in [0.1, 0.15) is 11.5 Å². The molecular formula is C15H18N6O2. The topological polar surface area (TPSA) is 82.0 Å². The van der Waals surface area contributed by atoms with Crippen molar-refractivity contribution in [3.8, 4) is 0 Å². The Morgan fingerprint density at radius 3 is 2.70 bits per heavy atom. The number of nitrogens with zero attached hydrogens (tertiary/aromatic N) is 4. The number of pyridine rings is 1. The summed E-state index contributed by atoms with van der Waals surface area (Å²) in [6.07, 6.45) is 3.98. The van der Waals surface area contributed by atoms with E-state index in [0.29, 0.717) is 18.8 Å². The third-order valence-corrected chi connectivity index (χ3v) is 4.28. The van der Waals surface area contributed by atoms with Crippen LogP contribution in [-0.2, 0) is 4.79 Å². The van der Waals surface area contributed by atoms with E-state index >= 15 is 0 Å². The standard InChI is InChI=1S/C15H18N6O2/c22-13-3-6-20(15(23)18-13)14-9-17-12-2-1-11(10-21(12)14)19-7-4-16-5-8-19/h1-2,9-10,16H,3-8H2,(H,18,22,23). The van der Waals surface area contributed by atoms with Gasteiger partial charge in [0.05, 0.1) is 11.9 Å². The van der Waals surface area contributed by atoms with Crippen molar-refractivity contribution in [2.75, 3.05) is 42.5 Å². The average molecular weight is 314 g/mol. The van der Waals surface area contributed by atoms with Gasteiger partial charge < -0.3 is 10.2 Å². The number of amides is 3. The Bertz CT molecular complexity index is 764. The van der Waals surface area contributed by atoms with E-state index in [0.717, 1.165) is 37.5 Å². The predicted octanol–water partition coefficient (Wildman–Crippen LogP) is 0.190. The van der Waals surface area contributed by atoms with Gasteiger partial charge in [0.25, 0.3) is 0 Å². The first-order valence-corrected chi connectivity index (χ1v) is 7.76. The van der Waals surface area contributed by atoms with E-state index in [1.54, 1.807) is 11.1 Å². The number of anilines is 2. The van der Waals surface area contributed by atoms with Crippen molar-refractivity contribution in [2.45, 2.75) is 6.42 Å². The summed E-state index contributed by atoms with van der Waals surface area (Å²) in [6, 6.07) is 3.61. The van der Waals surface area contributed by atoms with Crippen LogP contribution in [0.4, 0.5) is 16.3 Å². The van der Waals surface area contributed by atoms with Crippen molar-refractivity contribution >= 4 is 29.1 Å². The Balaban J connectivity index is 1.70. The molecule has 23 heavy (non-hydrogen) atoms. The summed E-state index contributed by atoms with van der Waals surface area (Å²) >= 11 is 0. The molecule has 2 aromatic rings. The first-order valence-electron chi connectivity index (χ1n) is 7.76. The van der Waals surface area contributed by atoms with Gasteiger partial charge in [-0.3, -0.25) is 19.4 Å². The van der Waals surface area contributed by atoms with Gasteiger partial charge >= 0.3 is 6.03 Å². The molecule has 2 saturated heterocycles. The molecule has 0 radical (unpaired) electrons. The van der Waals surface area contributed by atoms with Crippen LogP contribution in [0, 0.1) is 0 Å². The summed E-state index contributed by atoms with van der Waals surface area (Å²) in [5.74, 6) is 0.448. The Labute approximate surface area is 133 Å². The molecule has 4 heterocycles. The number of carbonyl (C=O) groups excluding carboxylic acids is 2. The molecular weight excluding hydrogens is 296 g/mol. The highest BCUT2D eigenvalue weighted by Gasteiger charge is 2.26. The van der Waals surface area contributed by atoms with Gasteiger partial charge in [-0.25, -0.2) is 9.78 Å². The zero-order chi connectivity index (χ0) is 15.8. The highest BCUT2D eigenvalue weighted by atomic mass is 16.2. The minimum absolute atomic E-state index is 0.235. The molecule has 0 saturated carbocycles. The minimum atomic E-state index is -0.393. The Kier molecular flexibility index (Phi) is 3.38. The summed E-state index contributed by atoms with van der Waals surface area (Å²) < 4.78 is 1.91. The average Bonchev–Trinajstić information content (AvgIpc) is 2.99. The molecule has 2 fully saturated rings. The second-order valence-electron chi connectivity index (χ2n) is 5.72. The summed E-state index contributed by atoms with van der Waals surface area (Å²) in [5.41, 5.74) is 1.88. The molecule has 4 rings (SSSR count). The van der Waals surface area contributed by atoms with Crippen molar-refractivity contribution in [2.24, 2.45) is 0 Å². The lowest BCUT2D eigenvalue weighted by Crippen LogP contribution is -2.50. The summed E-state index contributed by atoms with van der Waals surface area (Å²) in [6.45, 7) is 4.20. The van der Waals surface area contributed by atoms with E-state index < -0.39 is 6.03 Å². The third kappa shape index (κ3) is 2.50.